The average Bonchev–Trinajstić information content (AvgIpc) is 2.98. The van der Waals surface area contributed by atoms with Gasteiger partial charge in [-0.05, 0) is 18.8 Å². The molecule has 0 spiro atoms. The maximum Gasteiger partial charge on any atom is 0.280 e. The molecule has 3 N–H and O–H groups in total. The molecular formula is C9H11F2N3O. The Kier molecular flexibility index (Phi) is 2.52. The van der Waals surface area contributed by atoms with E-state index < -0.39 is 23.7 Å². The lowest BCUT2D eigenvalue weighted by Gasteiger charge is -2.10. The normalized spacial score (nSPS) is 18.1. The maximum atomic E-state index is 12.4. The third-order valence-corrected chi connectivity index (χ3v) is 2.45. The van der Waals surface area contributed by atoms with Crippen LogP contribution in [0.3, 0.4) is 0 Å². The molecule has 0 amide bonds. The van der Waals surface area contributed by atoms with Gasteiger partial charge in [0.2, 0.25) is 0 Å². The van der Waals surface area contributed by atoms with E-state index in [-0.39, 0.29) is 11.7 Å². The van der Waals surface area contributed by atoms with Gasteiger partial charge >= 0.3 is 0 Å². The number of nitrogens with zero attached hydrogens (tertiary/aromatic N) is 1. The lowest BCUT2D eigenvalue weighted by Crippen LogP contribution is -2.22. The molecule has 1 fully saturated rings. The van der Waals surface area contributed by atoms with Crippen molar-refractivity contribution in [3.63, 3.8) is 0 Å². The van der Waals surface area contributed by atoms with Crippen LogP contribution < -0.4 is 11.3 Å². The molecule has 0 saturated heterocycles. The van der Waals surface area contributed by atoms with E-state index in [1.807, 2.05) is 0 Å². The van der Waals surface area contributed by atoms with E-state index in [1.54, 1.807) is 0 Å². The van der Waals surface area contributed by atoms with Crippen molar-refractivity contribution in [1.29, 1.82) is 0 Å². The first-order valence-corrected chi connectivity index (χ1v) is 4.73. The van der Waals surface area contributed by atoms with Crippen molar-refractivity contribution in [1.82, 2.24) is 9.97 Å². The van der Waals surface area contributed by atoms with Gasteiger partial charge in [0.25, 0.3) is 12.0 Å². The maximum absolute atomic E-state index is 12.4. The van der Waals surface area contributed by atoms with Crippen molar-refractivity contribution in [3.05, 3.63) is 27.9 Å². The molecule has 2 rings (SSSR count). The third-order valence-electron chi connectivity index (χ3n) is 2.45. The summed E-state index contributed by atoms with van der Waals surface area (Å²) < 4.78 is 24.7. The minimum absolute atomic E-state index is 0.167. The topological polar surface area (TPSA) is 71.8 Å². The molecule has 1 aromatic heterocycles. The molecule has 1 aliphatic carbocycles. The zero-order valence-corrected chi connectivity index (χ0v) is 7.91. The van der Waals surface area contributed by atoms with Crippen LogP contribution in [-0.4, -0.2) is 9.97 Å². The molecule has 6 heteroatoms. The van der Waals surface area contributed by atoms with Crippen LogP contribution in [0.2, 0.25) is 0 Å². The van der Waals surface area contributed by atoms with Crippen molar-refractivity contribution >= 4 is 0 Å². The van der Waals surface area contributed by atoms with Crippen LogP contribution in [0.4, 0.5) is 8.78 Å². The fourth-order valence-corrected chi connectivity index (χ4v) is 1.44. The molecule has 0 bridgehead atoms. The molecule has 82 valence electrons. The van der Waals surface area contributed by atoms with Crippen LogP contribution in [0, 0.1) is 5.92 Å². The Morgan fingerprint density at radius 1 is 1.53 bits per heavy atom. The van der Waals surface area contributed by atoms with Crippen LogP contribution in [0.5, 0.6) is 0 Å². The van der Waals surface area contributed by atoms with Gasteiger partial charge < -0.3 is 10.7 Å². The summed E-state index contributed by atoms with van der Waals surface area (Å²) in [5.74, 6) is 0.432. The summed E-state index contributed by atoms with van der Waals surface area (Å²) in [4.78, 5) is 17.1. The summed E-state index contributed by atoms with van der Waals surface area (Å²) in [5, 5.41) is 0. The highest BCUT2D eigenvalue weighted by Crippen LogP contribution is 2.38. The molecule has 1 saturated carbocycles. The van der Waals surface area contributed by atoms with Gasteiger partial charge in [-0.15, -0.1) is 0 Å². The second-order valence-corrected chi connectivity index (χ2v) is 3.72. The highest BCUT2D eigenvalue weighted by Gasteiger charge is 2.31. The molecule has 1 unspecified atom stereocenters. The molecule has 15 heavy (non-hydrogen) atoms. The second-order valence-electron chi connectivity index (χ2n) is 3.72. The van der Waals surface area contributed by atoms with Crippen LogP contribution in [-0.2, 0) is 0 Å². The quantitative estimate of drug-likeness (QED) is 0.793. The predicted molar refractivity (Wildman–Crippen MR) is 49.5 cm³/mol. The molecule has 4 nitrogen and oxygen atoms in total. The van der Waals surface area contributed by atoms with E-state index in [9.17, 15) is 13.6 Å². The summed E-state index contributed by atoms with van der Waals surface area (Å²) in [7, 11) is 0. The number of halogens is 2. The van der Waals surface area contributed by atoms with E-state index in [1.165, 1.54) is 0 Å². The molecule has 0 aromatic carbocycles. The smallest absolute Gasteiger partial charge is 0.280 e. The fourth-order valence-electron chi connectivity index (χ4n) is 1.44. The summed E-state index contributed by atoms with van der Waals surface area (Å²) in [6.07, 6.45) is -0.814. The highest BCUT2D eigenvalue weighted by molar-refractivity contribution is 5.08. The third kappa shape index (κ3) is 2.20. The highest BCUT2D eigenvalue weighted by atomic mass is 19.3. The van der Waals surface area contributed by atoms with Gasteiger partial charge in [0.05, 0.1) is 6.04 Å². The molecule has 1 aromatic rings. The number of hydrogen-bond acceptors (Lipinski definition) is 3. The molecule has 1 atom stereocenters. The van der Waals surface area contributed by atoms with Crippen LogP contribution in [0.1, 0.15) is 36.8 Å². The summed E-state index contributed by atoms with van der Waals surface area (Å²) in [6.45, 7) is 0. The van der Waals surface area contributed by atoms with E-state index in [4.69, 9.17) is 5.73 Å². The Morgan fingerprint density at radius 3 is 2.73 bits per heavy atom. The van der Waals surface area contributed by atoms with Crippen LogP contribution in [0.15, 0.2) is 10.9 Å². The van der Waals surface area contributed by atoms with Gasteiger partial charge in [0.1, 0.15) is 11.5 Å². The summed E-state index contributed by atoms with van der Waals surface area (Å²) in [5.41, 5.74) is 4.67. The number of nitrogens with one attached hydrogen (secondary N) is 1. The number of hydrogen-bond donors (Lipinski definition) is 2. The number of aromatic nitrogens is 2. The van der Waals surface area contributed by atoms with Crippen LogP contribution >= 0.6 is 0 Å². The average molecular weight is 215 g/mol. The monoisotopic (exact) mass is 215 g/mol. The standard InChI is InChI=1S/C9H11F2N3O/c10-8(11)5-3-6(15)14-9(13-5)7(12)4-1-2-4/h3-4,7-8H,1-2,12H2,(H,13,14,15). The van der Waals surface area contributed by atoms with E-state index >= 15 is 0 Å². The second kappa shape index (κ2) is 3.69. The molecular weight excluding hydrogens is 204 g/mol. The van der Waals surface area contributed by atoms with E-state index in [0.717, 1.165) is 18.9 Å². The first-order chi connectivity index (χ1) is 7.08. The van der Waals surface area contributed by atoms with Gasteiger partial charge in [0, 0.05) is 6.07 Å². The Hall–Kier alpha value is -1.30. The predicted octanol–water partition coefficient (Wildman–Crippen LogP) is 1.12. The Labute approximate surface area is 84.5 Å². The van der Waals surface area contributed by atoms with Crippen molar-refractivity contribution in [2.75, 3.05) is 0 Å². The minimum atomic E-state index is -2.74. The molecule has 0 aliphatic heterocycles. The first-order valence-electron chi connectivity index (χ1n) is 4.73. The summed E-state index contributed by atoms with van der Waals surface area (Å²) >= 11 is 0. The molecule has 1 heterocycles. The van der Waals surface area contributed by atoms with Gasteiger partial charge in [-0.25, -0.2) is 13.8 Å². The van der Waals surface area contributed by atoms with E-state index in [2.05, 4.69) is 9.97 Å². The number of H-pyrrole nitrogens is 1. The van der Waals surface area contributed by atoms with Crippen LogP contribution in [0.25, 0.3) is 0 Å². The Balaban J connectivity index is 2.34. The number of nitrogens with two attached hydrogens (primary N) is 1. The Morgan fingerprint density at radius 2 is 2.20 bits per heavy atom. The van der Waals surface area contributed by atoms with Gasteiger partial charge in [0.15, 0.2) is 0 Å². The zero-order chi connectivity index (χ0) is 11.0. The SMILES string of the molecule is NC(c1nc(C(F)F)cc(=O)[nH]1)C1CC1. The van der Waals surface area contributed by atoms with Crippen molar-refractivity contribution < 1.29 is 8.78 Å². The largest absolute Gasteiger partial charge is 0.321 e. The van der Waals surface area contributed by atoms with E-state index in [0.29, 0.717) is 0 Å². The van der Waals surface area contributed by atoms with Crippen molar-refractivity contribution in [2.45, 2.75) is 25.3 Å². The molecule has 0 radical (unpaired) electrons. The lowest BCUT2D eigenvalue weighted by molar-refractivity contribution is 0.145. The number of alkyl halides is 2. The van der Waals surface area contributed by atoms with Gasteiger partial charge in [-0.3, -0.25) is 4.79 Å². The Bertz CT molecular complexity index is 414. The minimum Gasteiger partial charge on any atom is -0.321 e. The number of rotatable bonds is 3. The zero-order valence-electron chi connectivity index (χ0n) is 7.91. The van der Waals surface area contributed by atoms with Gasteiger partial charge in [-0.1, -0.05) is 0 Å². The molecule has 1 aliphatic rings. The summed E-state index contributed by atoms with van der Waals surface area (Å²) in [6, 6.07) is 0.366. The van der Waals surface area contributed by atoms with Crippen molar-refractivity contribution in [3.8, 4) is 0 Å². The van der Waals surface area contributed by atoms with Gasteiger partial charge in [-0.2, -0.15) is 0 Å². The fraction of sp³-hybridized carbons (Fsp3) is 0.556. The lowest BCUT2D eigenvalue weighted by atomic mass is 10.2. The number of aromatic amines is 1. The van der Waals surface area contributed by atoms with Crippen molar-refractivity contribution in [2.24, 2.45) is 11.7 Å². The first kappa shape index (κ1) is 10.2.